The van der Waals surface area contributed by atoms with Crippen LogP contribution in [0.4, 0.5) is 0 Å². The van der Waals surface area contributed by atoms with E-state index in [1.165, 1.54) is 25.1 Å². The number of likely N-dealkylation sites (N-methyl/N-ethyl adjacent to an activating group) is 1. The molecule has 0 amide bonds. The first kappa shape index (κ1) is 13.5. The van der Waals surface area contributed by atoms with E-state index in [9.17, 15) is 0 Å². The Morgan fingerprint density at radius 3 is 2.78 bits per heavy atom. The fraction of sp³-hybridized carbons (Fsp3) is 0.600. The number of nitrogens with two attached hydrogens (primary N) is 1. The molecule has 0 aromatic heterocycles. The number of hydrogen-bond donors (Lipinski definition) is 1. The summed E-state index contributed by atoms with van der Waals surface area (Å²) in [5.74, 6) is 0. The largest absolute Gasteiger partial charge is 0.329 e. The highest BCUT2D eigenvalue weighted by atomic mass is 15.2. The van der Waals surface area contributed by atoms with Crippen molar-refractivity contribution < 1.29 is 0 Å². The molecule has 2 rings (SSSR count). The van der Waals surface area contributed by atoms with Crippen molar-refractivity contribution in [2.75, 3.05) is 32.7 Å². The normalized spacial score (nSPS) is 20.7. The molecule has 1 saturated heterocycles. The summed E-state index contributed by atoms with van der Waals surface area (Å²) < 4.78 is 0. The van der Waals surface area contributed by atoms with Gasteiger partial charge in [-0.25, -0.2) is 0 Å². The van der Waals surface area contributed by atoms with Crippen LogP contribution in [0.15, 0.2) is 30.3 Å². The molecule has 0 saturated carbocycles. The first-order valence-electron chi connectivity index (χ1n) is 7.04. The van der Waals surface area contributed by atoms with Crippen molar-refractivity contribution in [3.63, 3.8) is 0 Å². The number of likely N-dealkylation sites (tertiary alicyclic amines) is 1. The Morgan fingerprint density at radius 2 is 2.11 bits per heavy atom. The second kappa shape index (κ2) is 6.88. The second-order valence-corrected chi connectivity index (χ2v) is 5.08. The molecule has 1 heterocycles. The maximum absolute atomic E-state index is 5.68. The molecular weight excluding hydrogens is 222 g/mol. The van der Waals surface area contributed by atoms with Gasteiger partial charge in [0.25, 0.3) is 0 Å². The topological polar surface area (TPSA) is 32.5 Å². The van der Waals surface area contributed by atoms with Crippen LogP contribution >= 0.6 is 0 Å². The highest BCUT2D eigenvalue weighted by molar-refractivity contribution is 5.14. The van der Waals surface area contributed by atoms with Crippen LogP contribution in [0.25, 0.3) is 0 Å². The van der Waals surface area contributed by atoms with Crippen LogP contribution in [-0.2, 0) is 6.54 Å². The third-order valence-corrected chi connectivity index (χ3v) is 3.84. The van der Waals surface area contributed by atoms with E-state index < -0.39 is 0 Å². The summed E-state index contributed by atoms with van der Waals surface area (Å²) in [6, 6.07) is 11.4. The average molecular weight is 247 g/mol. The quantitative estimate of drug-likeness (QED) is 0.827. The number of hydrogen-bond acceptors (Lipinski definition) is 3. The van der Waals surface area contributed by atoms with E-state index in [2.05, 4.69) is 47.1 Å². The van der Waals surface area contributed by atoms with Crippen molar-refractivity contribution in [2.45, 2.75) is 25.9 Å². The molecular formula is C15H25N3. The smallest absolute Gasteiger partial charge is 0.0235 e. The Morgan fingerprint density at radius 1 is 1.33 bits per heavy atom. The van der Waals surface area contributed by atoms with Gasteiger partial charge in [-0.3, -0.25) is 9.80 Å². The zero-order valence-electron chi connectivity index (χ0n) is 11.4. The third kappa shape index (κ3) is 3.55. The van der Waals surface area contributed by atoms with E-state index in [0.717, 1.165) is 26.2 Å². The Bertz CT molecular complexity index is 339. The predicted molar refractivity (Wildman–Crippen MR) is 76.4 cm³/mol. The standard InChI is InChI=1S/C15H25N3/c1-2-18(11-9-16)15-8-10-17(13-15)12-14-6-4-3-5-7-14/h3-7,15H,2,8-13,16H2,1H3/t15-/m1/s1. The van der Waals surface area contributed by atoms with Gasteiger partial charge in [-0.15, -0.1) is 0 Å². The van der Waals surface area contributed by atoms with Crippen LogP contribution in [0, 0.1) is 0 Å². The van der Waals surface area contributed by atoms with Crippen molar-refractivity contribution in [2.24, 2.45) is 5.73 Å². The first-order valence-corrected chi connectivity index (χ1v) is 7.04. The third-order valence-electron chi connectivity index (χ3n) is 3.84. The fourth-order valence-corrected chi connectivity index (χ4v) is 2.86. The summed E-state index contributed by atoms with van der Waals surface area (Å²) in [5.41, 5.74) is 7.09. The van der Waals surface area contributed by atoms with E-state index in [0.29, 0.717) is 6.04 Å². The van der Waals surface area contributed by atoms with Gasteiger partial charge < -0.3 is 5.73 Å². The van der Waals surface area contributed by atoms with Crippen LogP contribution < -0.4 is 5.73 Å². The number of rotatable bonds is 6. The monoisotopic (exact) mass is 247 g/mol. The fourth-order valence-electron chi connectivity index (χ4n) is 2.86. The highest BCUT2D eigenvalue weighted by Gasteiger charge is 2.26. The maximum atomic E-state index is 5.68. The molecule has 3 heteroatoms. The van der Waals surface area contributed by atoms with Crippen LogP contribution in [0.5, 0.6) is 0 Å². The van der Waals surface area contributed by atoms with Crippen LogP contribution in [0.3, 0.4) is 0 Å². The molecule has 0 bridgehead atoms. The Balaban J connectivity index is 1.84. The van der Waals surface area contributed by atoms with Gasteiger partial charge in [-0.2, -0.15) is 0 Å². The zero-order chi connectivity index (χ0) is 12.8. The molecule has 1 aromatic rings. The van der Waals surface area contributed by atoms with Crippen LogP contribution in [-0.4, -0.2) is 48.6 Å². The molecule has 1 aromatic carbocycles. The van der Waals surface area contributed by atoms with E-state index >= 15 is 0 Å². The Hall–Kier alpha value is -0.900. The predicted octanol–water partition coefficient (Wildman–Crippen LogP) is 1.54. The lowest BCUT2D eigenvalue weighted by atomic mass is 10.2. The SMILES string of the molecule is CCN(CCN)[C@@H]1CCN(Cc2ccccc2)C1. The minimum absolute atomic E-state index is 0.697. The second-order valence-electron chi connectivity index (χ2n) is 5.08. The molecule has 1 aliphatic rings. The first-order chi connectivity index (χ1) is 8.83. The maximum Gasteiger partial charge on any atom is 0.0235 e. The number of nitrogens with zero attached hydrogens (tertiary/aromatic N) is 2. The molecule has 18 heavy (non-hydrogen) atoms. The lowest BCUT2D eigenvalue weighted by molar-refractivity contribution is 0.204. The van der Waals surface area contributed by atoms with Gasteiger partial charge in [-0.05, 0) is 18.5 Å². The summed E-state index contributed by atoms with van der Waals surface area (Å²) in [6.07, 6.45) is 1.28. The Labute approximate surface area is 111 Å². The van der Waals surface area contributed by atoms with Crippen molar-refractivity contribution >= 4 is 0 Å². The molecule has 100 valence electrons. The van der Waals surface area contributed by atoms with Gasteiger partial charge in [0.1, 0.15) is 0 Å². The molecule has 0 radical (unpaired) electrons. The van der Waals surface area contributed by atoms with Gasteiger partial charge >= 0.3 is 0 Å². The Kier molecular flexibility index (Phi) is 5.17. The van der Waals surface area contributed by atoms with Gasteiger partial charge in [0, 0.05) is 38.8 Å². The van der Waals surface area contributed by atoms with Crippen molar-refractivity contribution in [3.8, 4) is 0 Å². The summed E-state index contributed by atoms with van der Waals surface area (Å²) >= 11 is 0. The lowest BCUT2D eigenvalue weighted by Crippen LogP contribution is -2.40. The van der Waals surface area contributed by atoms with Gasteiger partial charge in [0.05, 0.1) is 0 Å². The van der Waals surface area contributed by atoms with Gasteiger partial charge in [-0.1, -0.05) is 37.3 Å². The molecule has 0 spiro atoms. The van der Waals surface area contributed by atoms with E-state index in [4.69, 9.17) is 5.73 Å². The summed E-state index contributed by atoms with van der Waals surface area (Å²) in [4.78, 5) is 5.07. The van der Waals surface area contributed by atoms with E-state index in [1.807, 2.05) is 0 Å². The molecule has 1 fully saturated rings. The number of benzene rings is 1. The molecule has 2 N–H and O–H groups in total. The molecule has 1 atom stereocenters. The summed E-state index contributed by atoms with van der Waals surface area (Å²) in [5, 5.41) is 0. The summed E-state index contributed by atoms with van der Waals surface area (Å²) in [7, 11) is 0. The van der Waals surface area contributed by atoms with Crippen LogP contribution in [0.1, 0.15) is 18.9 Å². The molecule has 1 aliphatic heterocycles. The zero-order valence-corrected chi connectivity index (χ0v) is 11.4. The van der Waals surface area contributed by atoms with E-state index in [-0.39, 0.29) is 0 Å². The molecule has 0 aliphatic carbocycles. The van der Waals surface area contributed by atoms with E-state index in [1.54, 1.807) is 0 Å². The lowest BCUT2D eigenvalue weighted by Gasteiger charge is -2.27. The highest BCUT2D eigenvalue weighted by Crippen LogP contribution is 2.17. The summed E-state index contributed by atoms with van der Waals surface area (Å²) in [6.45, 7) is 8.61. The minimum atomic E-state index is 0.697. The van der Waals surface area contributed by atoms with Crippen LogP contribution in [0.2, 0.25) is 0 Å². The minimum Gasteiger partial charge on any atom is -0.329 e. The van der Waals surface area contributed by atoms with Gasteiger partial charge in [0.2, 0.25) is 0 Å². The average Bonchev–Trinajstić information content (AvgIpc) is 2.85. The molecule has 0 unspecified atom stereocenters. The van der Waals surface area contributed by atoms with Crippen molar-refractivity contribution in [1.29, 1.82) is 0 Å². The van der Waals surface area contributed by atoms with Crippen molar-refractivity contribution in [1.82, 2.24) is 9.80 Å². The van der Waals surface area contributed by atoms with Crippen molar-refractivity contribution in [3.05, 3.63) is 35.9 Å². The van der Waals surface area contributed by atoms with Gasteiger partial charge in [0.15, 0.2) is 0 Å². The molecule has 3 nitrogen and oxygen atoms in total.